The first-order chi connectivity index (χ1) is 12.0. The van der Waals surface area contributed by atoms with Gasteiger partial charge in [0.1, 0.15) is 0 Å². The summed E-state index contributed by atoms with van der Waals surface area (Å²) < 4.78 is 1.50. The number of hydrogen-bond acceptors (Lipinski definition) is 4. The molecule has 0 fully saturated rings. The Labute approximate surface area is 147 Å². The van der Waals surface area contributed by atoms with Crippen LogP contribution in [0.3, 0.4) is 0 Å². The minimum atomic E-state index is -0.144. The number of aliphatic hydroxyl groups is 1. The molecule has 2 aromatic carbocycles. The van der Waals surface area contributed by atoms with Gasteiger partial charge in [0.2, 0.25) is 5.95 Å². The Morgan fingerprint density at radius 1 is 1.20 bits per heavy atom. The van der Waals surface area contributed by atoms with Crippen molar-refractivity contribution in [3.63, 3.8) is 0 Å². The highest BCUT2D eigenvalue weighted by Crippen LogP contribution is 2.22. The molecular formula is C20H23N3O2. The fourth-order valence-electron chi connectivity index (χ4n) is 3.17. The van der Waals surface area contributed by atoms with Crippen LogP contribution in [0.4, 0.5) is 5.95 Å². The highest BCUT2D eigenvalue weighted by molar-refractivity contribution is 5.78. The standard InChI is InChI=1S/C20H23N3O2/c1-13-8-9-16(14(2)12-13)15(3)21-20-22-18-7-5-4-6-17(18)19(25)23(20)10-11-24/h4-9,12,15,24H,10-11H2,1-3H3,(H,21,22). The molecule has 1 unspecified atom stereocenters. The second-order valence-corrected chi connectivity index (χ2v) is 6.36. The first-order valence-electron chi connectivity index (χ1n) is 8.45. The molecule has 1 atom stereocenters. The first kappa shape index (κ1) is 17.2. The zero-order valence-corrected chi connectivity index (χ0v) is 14.8. The number of nitrogens with one attached hydrogen (secondary N) is 1. The smallest absolute Gasteiger partial charge is 0.262 e. The molecule has 130 valence electrons. The summed E-state index contributed by atoms with van der Waals surface area (Å²) in [4.78, 5) is 17.3. The number of benzene rings is 2. The van der Waals surface area contributed by atoms with Gasteiger partial charge in [-0.1, -0.05) is 35.9 Å². The van der Waals surface area contributed by atoms with E-state index in [9.17, 15) is 9.90 Å². The maximum Gasteiger partial charge on any atom is 0.262 e. The lowest BCUT2D eigenvalue weighted by atomic mass is 10.0. The summed E-state index contributed by atoms with van der Waals surface area (Å²) in [7, 11) is 0. The Morgan fingerprint density at radius 2 is 1.96 bits per heavy atom. The van der Waals surface area contributed by atoms with Gasteiger partial charge < -0.3 is 10.4 Å². The minimum absolute atomic E-state index is 0.0152. The van der Waals surface area contributed by atoms with E-state index >= 15 is 0 Å². The molecule has 25 heavy (non-hydrogen) atoms. The second-order valence-electron chi connectivity index (χ2n) is 6.36. The number of rotatable bonds is 5. The summed E-state index contributed by atoms with van der Waals surface area (Å²) in [5, 5.41) is 13.3. The summed E-state index contributed by atoms with van der Waals surface area (Å²) in [6.45, 7) is 6.28. The van der Waals surface area contributed by atoms with Crippen LogP contribution < -0.4 is 10.9 Å². The van der Waals surface area contributed by atoms with Gasteiger partial charge in [-0.15, -0.1) is 0 Å². The highest BCUT2D eigenvalue weighted by Gasteiger charge is 2.14. The molecule has 3 rings (SSSR count). The number of anilines is 1. The van der Waals surface area contributed by atoms with Crippen molar-refractivity contribution in [3.05, 3.63) is 69.5 Å². The van der Waals surface area contributed by atoms with Crippen LogP contribution in [0.1, 0.15) is 29.7 Å². The molecule has 1 aromatic heterocycles. The molecule has 2 N–H and O–H groups in total. The average Bonchev–Trinajstić information content (AvgIpc) is 2.58. The van der Waals surface area contributed by atoms with Gasteiger partial charge in [0.05, 0.1) is 30.1 Å². The van der Waals surface area contributed by atoms with Crippen LogP contribution >= 0.6 is 0 Å². The Bertz CT molecular complexity index is 963. The molecule has 5 heteroatoms. The van der Waals surface area contributed by atoms with Gasteiger partial charge >= 0.3 is 0 Å². The van der Waals surface area contributed by atoms with Crippen LogP contribution in [0.2, 0.25) is 0 Å². The molecule has 0 saturated heterocycles. The van der Waals surface area contributed by atoms with Crippen LogP contribution in [0, 0.1) is 13.8 Å². The molecule has 5 nitrogen and oxygen atoms in total. The van der Waals surface area contributed by atoms with Gasteiger partial charge in [-0.3, -0.25) is 9.36 Å². The van der Waals surface area contributed by atoms with Crippen molar-refractivity contribution in [1.29, 1.82) is 0 Å². The van der Waals surface area contributed by atoms with E-state index in [1.54, 1.807) is 6.07 Å². The third-order valence-corrected chi connectivity index (χ3v) is 4.42. The van der Waals surface area contributed by atoms with E-state index in [1.807, 2.05) is 25.1 Å². The average molecular weight is 337 g/mol. The van der Waals surface area contributed by atoms with Gasteiger partial charge in [-0.05, 0) is 44.0 Å². The number of para-hydroxylation sites is 1. The van der Waals surface area contributed by atoms with Crippen LogP contribution in [0.15, 0.2) is 47.3 Å². The molecule has 0 saturated carbocycles. The number of aromatic nitrogens is 2. The van der Waals surface area contributed by atoms with Crippen molar-refractivity contribution in [3.8, 4) is 0 Å². The SMILES string of the molecule is Cc1ccc(C(C)Nc2nc3ccccc3c(=O)n2CCO)c(C)c1. The lowest BCUT2D eigenvalue weighted by Crippen LogP contribution is -2.27. The van der Waals surface area contributed by atoms with Crippen LogP contribution in [-0.2, 0) is 6.54 Å². The third kappa shape index (κ3) is 3.42. The zero-order valence-electron chi connectivity index (χ0n) is 14.8. The first-order valence-corrected chi connectivity index (χ1v) is 8.45. The molecule has 0 spiro atoms. The van der Waals surface area contributed by atoms with Crippen molar-refractivity contribution in [1.82, 2.24) is 9.55 Å². The Morgan fingerprint density at radius 3 is 2.68 bits per heavy atom. The molecule has 1 heterocycles. The van der Waals surface area contributed by atoms with Gasteiger partial charge in [0.25, 0.3) is 5.56 Å². The van der Waals surface area contributed by atoms with Gasteiger partial charge in [0.15, 0.2) is 0 Å². The van der Waals surface area contributed by atoms with Gasteiger partial charge in [-0.25, -0.2) is 4.98 Å². The van der Waals surface area contributed by atoms with Crippen LogP contribution in [0.5, 0.6) is 0 Å². The molecule has 0 aliphatic carbocycles. The molecule has 0 aliphatic rings. The second kappa shape index (κ2) is 7.07. The fourth-order valence-corrected chi connectivity index (χ4v) is 3.17. The number of aliphatic hydroxyl groups excluding tert-OH is 1. The number of aryl methyl sites for hydroxylation is 2. The summed E-state index contributed by atoms with van der Waals surface area (Å²) in [5.74, 6) is 0.477. The van der Waals surface area contributed by atoms with Gasteiger partial charge in [-0.2, -0.15) is 0 Å². The van der Waals surface area contributed by atoms with Crippen LogP contribution in [-0.4, -0.2) is 21.3 Å². The molecule has 0 bridgehead atoms. The largest absolute Gasteiger partial charge is 0.395 e. The van der Waals surface area contributed by atoms with Crippen molar-refractivity contribution >= 4 is 16.9 Å². The van der Waals surface area contributed by atoms with E-state index in [2.05, 4.69) is 42.3 Å². The quantitative estimate of drug-likeness (QED) is 0.750. The van der Waals surface area contributed by atoms with Crippen molar-refractivity contribution < 1.29 is 5.11 Å². The van der Waals surface area contributed by atoms with Crippen molar-refractivity contribution in [2.24, 2.45) is 0 Å². The Hall–Kier alpha value is -2.66. The van der Waals surface area contributed by atoms with Gasteiger partial charge in [0, 0.05) is 0 Å². The van der Waals surface area contributed by atoms with Crippen molar-refractivity contribution in [2.45, 2.75) is 33.4 Å². The van der Waals surface area contributed by atoms with E-state index in [4.69, 9.17) is 0 Å². The topological polar surface area (TPSA) is 67.2 Å². The molecular weight excluding hydrogens is 314 g/mol. The fraction of sp³-hybridized carbons (Fsp3) is 0.300. The molecule has 0 amide bonds. The Balaban J connectivity index is 2.05. The molecule has 0 aliphatic heterocycles. The van der Waals surface area contributed by atoms with E-state index in [1.165, 1.54) is 15.7 Å². The minimum Gasteiger partial charge on any atom is -0.395 e. The predicted molar refractivity (Wildman–Crippen MR) is 101 cm³/mol. The van der Waals surface area contributed by atoms with Crippen molar-refractivity contribution in [2.75, 3.05) is 11.9 Å². The maximum absolute atomic E-state index is 12.7. The lowest BCUT2D eigenvalue weighted by Gasteiger charge is -2.20. The summed E-state index contributed by atoms with van der Waals surface area (Å²) in [5.41, 5.74) is 4.07. The number of hydrogen-bond donors (Lipinski definition) is 2. The normalized spacial score (nSPS) is 12.3. The molecule has 0 radical (unpaired) electrons. The predicted octanol–water partition coefficient (Wildman–Crippen LogP) is 3.18. The summed E-state index contributed by atoms with van der Waals surface area (Å²) >= 11 is 0. The molecule has 3 aromatic rings. The maximum atomic E-state index is 12.7. The van der Waals surface area contributed by atoms with E-state index in [-0.39, 0.29) is 24.8 Å². The Kier molecular flexibility index (Phi) is 4.86. The van der Waals surface area contributed by atoms with Crippen LogP contribution in [0.25, 0.3) is 10.9 Å². The van der Waals surface area contributed by atoms with E-state index in [0.29, 0.717) is 16.9 Å². The number of nitrogens with zero attached hydrogens (tertiary/aromatic N) is 2. The lowest BCUT2D eigenvalue weighted by molar-refractivity contribution is 0.274. The highest BCUT2D eigenvalue weighted by atomic mass is 16.3. The number of fused-ring (bicyclic) bond motifs is 1. The monoisotopic (exact) mass is 337 g/mol. The zero-order chi connectivity index (χ0) is 18.0. The third-order valence-electron chi connectivity index (χ3n) is 4.42. The summed E-state index contributed by atoms with van der Waals surface area (Å²) in [6, 6.07) is 13.6. The van der Waals surface area contributed by atoms with E-state index < -0.39 is 0 Å². The summed E-state index contributed by atoms with van der Waals surface area (Å²) in [6.07, 6.45) is 0. The van der Waals surface area contributed by atoms with E-state index in [0.717, 1.165) is 5.56 Å².